The van der Waals surface area contributed by atoms with Crippen molar-refractivity contribution in [2.75, 3.05) is 7.11 Å². The van der Waals surface area contributed by atoms with Crippen molar-refractivity contribution in [2.24, 2.45) is 5.92 Å². The number of carbonyl (C=O) groups excluding carboxylic acids is 2. The molecule has 0 fully saturated rings. The molecular formula is C12H11BrO3. The van der Waals surface area contributed by atoms with Crippen LogP contribution in [-0.2, 0) is 16.0 Å². The number of methoxy groups -OCH3 is 1. The molecule has 0 spiro atoms. The van der Waals surface area contributed by atoms with Crippen molar-refractivity contribution in [2.45, 2.75) is 12.8 Å². The lowest BCUT2D eigenvalue weighted by Gasteiger charge is -2.04. The van der Waals surface area contributed by atoms with E-state index >= 15 is 0 Å². The normalized spacial score (nSPS) is 18.4. The summed E-state index contributed by atoms with van der Waals surface area (Å²) >= 11 is 3.33. The number of ketones is 1. The van der Waals surface area contributed by atoms with Crippen LogP contribution in [0.3, 0.4) is 0 Å². The van der Waals surface area contributed by atoms with E-state index in [0.29, 0.717) is 6.42 Å². The van der Waals surface area contributed by atoms with Crippen molar-refractivity contribution >= 4 is 27.7 Å². The first-order valence-electron chi connectivity index (χ1n) is 5.01. The van der Waals surface area contributed by atoms with Gasteiger partial charge in [0.15, 0.2) is 5.78 Å². The molecule has 2 rings (SSSR count). The van der Waals surface area contributed by atoms with Crippen LogP contribution in [0.25, 0.3) is 0 Å². The molecule has 0 aromatic heterocycles. The molecular weight excluding hydrogens is 272 g/mol. The molecule has 4 heteroatoms. The number of esters is 1. The lowest BCUT2D eigenvalue weighted by Crippen LogP contribution is -2.15. The lowest BCUT2D eigenvalue weighted by atomic mass is 10.0. The van der Waals surface area contributed by atoms with Gasteiger partial charge in [0.1, 0.15) is 0 Å². The summed E-state index contributed by atoms with van der Waals surface area (Å²) in [5.41, 5.74) is 1.74. The SMILES string of the molecule is COC(=O)C[C@@H]1Cc2ccc(Br)cc2C1=O. The first-order chi connectivity index (χ1) is 7.61. The number of Topliss-reactive ketones (excluding diaryl/α,β-unsaturated/α-hetero) is 1. The quantitative estimate of drug-likeness (QED) is 0.783. The van der Waals surface area contributed by atoms with Gasteiger partial charge in [-0.05, 0) is 24.1 Å². The highest BCUT2D eigenvalue weighted by Gasteiger charge is 2.32. The molecule has 1 aliphatic rings. The molecule has 3 nitrogen and oxygen atoms in total. The Morgan fingerprint density at radius 1 is 1.56 bits per heavy atom. The van der Waals surface area contributed by atoms with E-state index in [9.17, 15) is 9.59 Å². The van der Waals surface area contributed by atoms with Gasteiger partial charge in [-0.2, -0.15) is 0 Å². The number of carbonyl (C=O) groups is 2. The Morgan fingerprint density at radius 3 is 3.00 bits per heavy atom. The van der Waals surface area contributed by atoms with E-state index in [2.05, 4.69) is 20.7 Å². The Labute approximate surface area is 102 Å². The van der Waals surface area contributed by atoms with Gasteiger partial charge in [0.2, 0.25) is 0 Å². The van der Waals surface area contributed by atoms with Crippen molar-refractivity contribution in [3.05, 3.63) is 33.8 Å². The van der Waals surface area contributed by atoms with Crippen LogP contribution in [0.5, 0.6) is 0 Å². The second kappa shape index (κ2) is 4.37. The molecule has 0 radical (unpaired) electrons. The Hall–Kier alpha value is -1.16. The average molecular weight is 283 g/mol. The fourth-order valence-corrected chi connectivity index (χ4v) is 2.34. The van der Waals surface area contributed by atoms with Gasteiger partial charge in [0.25, 0.3) is 0 Å². The molecule has 16 heavy (non-hydrogen) atoms. The monoisotopic (exact) mass is 282 g/mol. The lowest BCUT2D eigenvalue weighted by molar-refractivity contribution is -0.141. The number of hydrogen-bond donors (Lipinski definition) is 0. The van der Waals surface area contributed by atoms with Gasteiger partial charge in [0, 0.05) is 16.0 Å². The largest absolute Gasteiger partial charge is 0.469 e. The van der Waals surface area contributed by atoms with Gasteiger partial charge < -0.3 is 4.74 Å². The van der Waals surface area contributed by atoms with Gasteiger partial charge in [-0.15, -0.1) is 0 Å². The third kappa shape index (κ3) is 2.02. The van der Waals surface area contributed by atoms with Crippen LogP contribution in [-0.4, -0.2) is 18.9 Å². The molecule has 84 valence electrons. The van der Waals surface area contributed by atoms with Crippen LogP contribution < -0.4 is 0 Å². The van der Waals surface area contributed by atoms with Crippen molar-refractivity contribution in [3.63, 3.8) is 0 Å². The number of halogens is 1. The average Bonchev–Trinajstić information content (AvgIpc) is 2.56. The zero-order valence-corrected chi connectivity index (χ0v) is 10.4. The highest BCUT2D eigenvalue weighted by atomic mass is 79.9. The van der Waals surface area contributed by atoms with Crippen molar-refractivity contribution in [1.82, 2.24) is 0 Å². The first kappa shape index (κ1) is 11.3. The van der Waals surface area contributed by atoms with Crippen molar-refractivity contribution < 1.29 is 14.3 Å². The third-order valence-electron chi connectivity index (χ3n) is 2.82. The molecule has 0 unspecified atom stereocenters. The number of rotatable bonds is 2. The second-order valence-corrected chi connectivity index (χ2v) is 4.76. The molecule has 0 aliphatic heterocycles. The summed E-state index contributed by atoms with van der Waals surface area (Å²) in [5.74, 6) is -0.538. The van der Waals surface area contributed by atoms with E-state index in [4.69, 9.17) is 0 Å². The molecule has 0 bridgehead atoms. The summed E-state index contributed by atoms with van der Waals surface area (Å²) in [6, 6.07) is 5.65. The number of benzene rings is 1. The topological polar surface area (TPSA) is 43.4 Å². The van der Waals surface area contributed by atoms with E-state index < -0.39 is 0 Å². The third-order valence-corrected chi connectivity index (χ3v) is 3.31. The summed E-state index contributed by atoms with van der Waals surface area (Å²) in [5, 5.41) is 0. The number of hydrogen-bond acceptors (Lipinski definition) is 3. The van der Waals surface area contributed by atoms with E-state index in [1.807, 2.05) is 18.2 Å². The van der Waals surface area contributed by atoms with Crippen LogP contribution in [0.1, 0.15) is 22.3 Å². The molecule has 1 atom stereocenters. The van der Waals surface area contributed by atoms with Gasteiger partial charge >= 0.3 is 5.97 Å². The van der Waals surface area contributed by atoms with Crippen LogP contribution >= 0.6 is 15.9 Å². The number of ether oxygens (including phenoxy) is 1. The highest BCUT2D eigenvalue weighted by Crippen LogP contribution is 2.31. The highest BCUT2D eigenvalue weighted by molar-refractivity contribution is 9.10. The van der Waals surface area contributed by atoms with E-state index in [0.717, 1.165) is 15.6 Å². The predicted octanol–water partition coefficient (Wildman–Crippen LogP) is 2.37. The molecule has 0 amide bonds. The maximum absolute atomic E-state index is 12.0. The minimum atomic E-state index is -0.328. The zero-order valence-electron chi connectivity index (χ0n) is 8.83. The predicted molar refractivity (Wildman–Crippen MR) is 62.3 cm³/mol. The summed E-state index contributed by atoms with van der Waals surface area (Å²) in [7, 11) is 1.34. The van der Waals surface area contributed by atoms with Crippen LogP contribution in [0.4, 0.5) is 0 Å². The summed E-state index contributed by atoms with van der Waals surface area (Å²) in [6.45, 7) is 0. The Morgan fingerprint density at radius 2 is 2.31 bits per heavy atom. The van der Waals surface area contributed by atoms with E-state index in [1.165, 1.54) is 7.11 Å². The van der Waals surface area contributed by atoms with Crippen molar-refractivity contribution in [3.8, 4) is 0 Å². The standard InChI is InChI=1S/C12H11BrO3/c1-16-11(14)5-8-4-7-2-3-9(13)6-10(7)12(8)15/h2-3,6,8H,4-5H2,1H3/t8-/m0/s1. The number of fused-ring (bicyclic) bond motifs is 1. The maximum Gasteiger partial charge on any atom is 0.306 e. The van der Waals surface area contributed by atoms with E-state index in [1.54, 1.807) is 0 Å². The smallest absolute Gasteiger partial charge is 0.306 e. The zero-order chi connectivity index (χ0) is 11.7. The molecule has 1 aromatic carbocycles. The first-order valence-corrected chi connectivity index (χ1v) is 5.80. The second-order valence-electron chi connectivity index (χ2n) is 3.85. The fourth-order valence-electron chi connectivity index (χ4n) is 1.98. The molecule has 1 aromatic rings. The van der Waals surface area contributed by atoms with E-state index in [-0.39, 0.29) is 24.1 Å². The Balaban J connectivity index is 2.21. The molecule has 0 saturated heterocycles. The Bertz CT molecular complexity index is 454. The van der Waals surface area contributed by atoms with Crippen molar-refractivity contribution in [1.29, 1.82) is 0 Å². The van der Waals surface area contributed by atoms with Gasteiger partial charge in [-0.3, -0.25) is 9.59 Å². The summed E-state index contributed by atoms with van der Waals surface area (Å²) < 4.78 is 5.47. The fraction of sp³-hybridized carbons (Fsp3) is 0.333. The summed E-state index contributed by atoms with van der Waals surface area (Å²) in [6.07, 6.45) is 0.804. The molecule has 0 saturated carbocycles. The molecule has 0 heterocycles. The molecule has 1 aliphatic carbocycles. The minimum absolute atomic E-state index is 0.0432. The maximum atomic E-state index is 12.0. The Kier molecular flexibility index (Phi) is 3.10. The molecule has 0 N–H and O–H groups in total. The van der Waals surface area contributed by atoms with Crippen LogP contribution in [0.15, 0.2) is 22.7 Å². The summed E-state index contributed by atoms with van der Waals surface area (Å²) in [4.78, 5) is 23.1. The van der Waals surface area contributed by atoms with Gasteiger partial charge in [-0.25, -0.2) is 0 Å². The minimum Gasteiger partial charge on any atom is -0.469 e. The van der Waals surface area contributed by atoms with Crippen LogP contribution in [0.2, 0.25) is 0 Å². The van der Waals surface area contributed by atoms with Gasteiger partial charge in [-0.1, -0.05) is 22.0 Å². The van der Waals surface area contributed by atoms with Gasteiger partial charge in [0.05, 0.1) is 13.5 Å². The van der Waals surface area contributed by atoms with Crippen LogP contribution in [0, 0.1) is 5.92 Å².